The lowest BCUT2D eigenvalue weighted by Gasteiger charge is -2.30. The number of aryl methyl sites for hydroxylation is 1. The van der Waals surface area contributed by atoms with Crippen molar-refractivity contribution in [2.75, 3.05) is 23.4 Å². The van der Waals surface area contributed by atoms with Gasteiger partial charge in [0.2, 0.25) is 0 Å². The van der Waals surface area contributed by atoms with E-state index >= 15 is 0 Å². The fourth-order valence-electron chi connectivity index (χ4n) is 3.32. The monoisotopic (exact) mass is 410 g/mol. The number of aliphatic hydroxyl groups excluding tert-OH is 1. The van der Waals surface area contributed by atoms with E-state index in [0.717, 1.165) is 16.9 Å². The molecule has 2 heterocycles. The molecule has 1 aliphatic rings. The maximum absolute atomic E-state index is 12.4. The van der Waals surface area contributed by atoms with E-state index in [1.54, 1.807) is 13.0 Å². The summed E-state index contributed by atoms with van der Waals surface area (Å²) in [6.45, 7) is 6.98. The highest BCUT2D eigenvalue weighted by molar-refractivity contribution is 5.52. The van der Waals surface area contributed by atoms with Crippen molar-refractivity contribution < 1.29 is 23.0 Å². The average Bonchev–Trinajstić information content (AvgIpc) is 2.63. The lowest BCUT2D eigenvalue weighted by atomic mass is 9.99. The van der Waals surface area contributed by atoms with Crippen LogP contribution in [0.1, 0.15) is 30.8 Å². The molecule has 9 heteroatoms. The predicted octanol–water partition coefficient (Wildman–Crippen LogP) is 3.68. The summed E-state index contributed by atoms with van der Waals surface area (Å²) in [6, 6.07) is 6.17. The Hall–Kier alpha value is -2.55. The standard InChI is InChI=1S/C20H25F3N4O2/c1-12(2)17(11-28)26-18-9-19(25-13(3)24-18)27-7-6-14-8-16(29-20(21,22)23)5-4-15(14)10-27/h4-5,8-9,12,17,28H,6-7,10-11H2,1-3H3,(H,24,25,26)/t17-/m0/s1. The molecule has 0 fully saturated rings. The van der Waals surface area contributed by atoms with Crippen LogP contribution < -0.4 is 15.0 Å². The Balaban J connectivity index is 1.77. The molecule has 1 atom stereocenters. The molecule has 29 heavy (non-hydrogen) atoms. The minimum Gasteiger partial charge on any atom is -0.406 e. The Morgan fingerprint density at radius 2 is 1.97 bits per heavy atom. The van der Waals surface area contributed by atoms with Gasteiger partial charge in [-0.3, -0.25) is 0 Å². The smallest absolute Gasteiger partial charge is 0.406 e. The van der Waals surface area contributed by atoms with E-state index in [4.69, 9.17) is 0 Å². The first-order valence-corrected chi connectivity index (χ1v) is 9.50. The molecular formula is C20H25F3N4O2. The number of nitrogens with one attached hydrogen (secondary N) is 1. The highest BCUT2D eigenvalue weighted by atomic mass is 19.4. The largest absolute Gasteiger partial charge is 0.573 e. The summed E-state index contributed by atoms with van der Waals surface area (Å²) < 4.78 is 41.3. The van der Waals surface area contributed by atoms with Crippen molar-refractivity contribution in [3.63, 3.8) is 0 Å². The highest BCUT2D eigenvalue weighted by Gasteiger charge is 2.31. The van der Waals surface area contributed by atoms with Crippen molar-refractivity contribution in [1.82, 2.24) is 9.97 Å². The number of hydrogen-bond acceptors (Lipinski definition) is 6. The molecule has 0 aliphatic carbocycles. The molecule has 2 N–H and O–H groups in total. The van der Waals surface area contributed by atoms with E-state index < -0.39 is 6.36 Å². The zero-order valence-corrected chi connectivity index (χ0v) is 16.6. The number of rotatable bonds is 6. The number of hydrogen-bond donors (Lipinski definition) is 2. The first kappa shape index (κ1) is 21.2. The van der Waals surface area contributed by atoms with Crippen LogP contribution in [0.3, 0.4) is 0 Å². The molecule has 6 nitrogen and oxygen atoms in total. The van der Waals surface area contributed by atoms with E-state index in [0.29, 0.717) is 31.2 Å². The molecule has 0 unspecified atom stereocenters. The van der Waals surface area contributed by atoms with Crippen LogP contribution in [0.4, 0.5) is 24.8 Å². The van der Waals surface area contributed by atoms with Gasteiger partial charge in [0, 0.05) is 19.2 Å². The Labute approximate surface area is 167 Å². The van der Waals surface area contributed by atoms with Gasteiger partial charge >= 0.3 is 6.36 Å². The van der Waals surface area contributed by atoms with Crippen LogP contribution in [0.5, 0.6) is 5.75 Å². The maximum atomic E-state index is 12.4. The lowest BCUT2D eigenvalue weighted by molar-refractivity contribution is -0.274. The molecule has 0 radical (unpaired) electrons. The Kier molecular flexibility index (Phi) is 6.16. The van der Waals surface area contributed by atoms with E-state index in [2.05, 4.69) is 24.9 Å². The van der Waals surface area contributed by atoms with Crippen LogP contribution in [0.15, 0.2) is 24.3 Å². The number of alkyl halides is 3. The maximum Gasteiger partial charge on any atom is 0.573 e. The number of ether oxygens (including phenoxy) is 1. The summed E-state index contributed by atoms with van der Waals surface area (Å²) in [6.07, 6.45) is -4.11. The summed E-state index contributed by atoms with van der Waals surface area (Å²) in [4.78, 5) is 11.0. The molecule has 3 rings (SSSR count). The second-order valence-corrected chi connectivity index (χ2v) is 7.49. The Morgan fingerprint density at radius 3 is 2.62 bits per heavy atom. The van der Waals surface area contributed by atoms with Gasteiger partial charge in [-0.1, -0.05) is 19.9 Å². The van der Waals surface area contributed by atoms with Gasteiger partial charge in [-0.15, -0.1) is 13.2 Å². The van der Waals surface area contributed by atoms with Crippen LogP contribution >= 0.6 is 0 Å². The fraction of sp³-hybridized carbons (Fsp3) is 0.500. The van der Waals surface area contributed by atoms with Gasteiger partial charge in [-0.2, -0.15) is 0 Å². The molecular weight excluding hydrogens is 385 g/mol. The lowest BCUT2D eigenvalue weighted by Crippen LogP contribution is -2.32. The number of halogens is 3. The molecule has 0 spiro atoms. The number of benzene rings is 1. The third-order valence-electron chi connectivity index (χ3n) is 4.91. The molecule has 0 bridgehead atoms. The number of aliphatic hydroxyl groups is 1. The average molecular weight is 410 g/mol. The molecule has 0 saturated heterocycles. The first-order chi connectivity index (χ1) is 13.6. The minimum atomic E-state index is -4.70. The van der Waals surface area contributed by atoms with E-state index in [1.165, 1.54) is 12.1 Å². The second-order valence-electron chi connectivity index (χ2n) is 7.49. The van der Waals surface area contributed by atoms with Crippen molar-refractivity contribution in [3.05, 3.63) is 41.2 Å². The number of aromatic nitrogens is 2. The normalized spacial score (nSPS) is 15.2. The zero-order valence-electron chi connectivity index (χ0n) is 16.6. The zero-order chi connectivity index (χ0) is 21.2. The molecule has 1 aromatic heterocycles. The SMILES string of the molecule is Cc1nc(N[C@@H](CO)C(C)C)cc(N2CCc3cc(OC(F)(F)F)ccc3C2)n1. The molecule has 2 aromatic rings. The molecule has 1 aliphatic heterocycles. The van der Waals surface area contributed by atoms with Crippen molar-refractivity contribution in [1.29, 1.82) is 0 Å². The van der Waals surface area contributed by atoms with Crippen LogP contribution in [0.2, 0.25) is 0 Å². The predicted molar refractivity (Wildman–Crippen MR) is 104 cm³/mol. The molecule has 0 saturated carbocycles. The third kappa shape index (κ3) is 5.50. The quantitative estimate of drug-likeness (QED) is 0.757. The fourth-order valence-corrected chi connectivity index (χ4v) is 3.32. The van der Waals surface area contributed by atoms with Crippen LogP contribution in [-0.4, -0.2) is 40.6 Å². The summed E-state index contributed by atoms with van der Waals surface area (Å²) in [7, 11) is 0. The first-order valence-electron chi connectivity index (χ1n) is 9.50. The summed E-state index contributed by atoms with van der Waals surface area (Å²) in [5.74, 6) is 2.01. The van der Waals surface area contributed by atoms with Crippen molar-refractivity contribution >= 4 is 11.6 Å². The van der Waals surface area contributed by atoms with Crippen LogP contribution in [0.25, 0.3) is 0 Å². The number of nitrogens with zero attached hydrogens (tertiary/aromatic N) is 3. The van der Waals surface area contributed by atoms with Crippen molar-refractivity contribution in [3.8, 4) is 5.75 Å². The molecule has 158 valence electrons. The Morgan fingerprint density at radius 1 is 1.21 bits per heavy atom. The topological polar surface area (TPSA) is 70.5 Å². The van der Waals surface area contributed by atoms with Gasteiger partial charge < -0.3 is 20.1 Å². The van der Waals surface area contributed by atoms with Gasteiger partial charge in [0.15, 0.2) is 0 Å². The molecule has 1 aromatic carbocycles. The van der Waals surface area contributed by atoms with Crippen molar-refractivity contribution in [2.45, 2.75) is 46.1 Å². The van der Waals surface area contributed by atoms with E-state index in [1.807, 2.05) is 19.9 Å². The van der Waals surface area contributed by atoms with Gasteiger partial charge in [0.05, 0.1) is 12.6 Å². The molecule has 0 amide bonds. The van der Waals surface area contributed by atoms with E-state index in [9.17, 15) is 18.3 Å². The van der Waals surface area contributed by atoms with E-state index in [-0.39, 0.29) is 24.3 Å². The van der Waals surface area contributed by atoms with Crippen LogP contribution in [0, 0.1) is 12.8 Å². The van der Waals surface area contributed by atoms with Crippen molar-refractivity contribution in [2.24, 2.45) is 5.92 Å². The third-order valence-corrected chi connectivity index (χ3v) is 4.91. The second kappa shape index (κ2) is 8.44. The summed E-state index contributed by atoms with van der Waals surface area (Å²) in [5, 5.41) is 12.8. The van der Waals surface area contributed by atoms with Crippen LogP contribution in [-0.2, 0) is 13.0 Å². The van der Waals surface area contributed by atoms with Gasteiger partial charge in [-0.05, 0) is 42.5 Å². The van der Waals surface area contributed by atoms with Gasteiger partial charge in [-0.25, -0.2) is 9.97 Å². The summed E-state index contributed by atoms with van der Waals surface area (Å²) >= 11 is 0. The minimum absolute atomic E-state index is 0.00449. The van der Waals surface area contributed by atoms with Gasteiger partial charge in [0.25, 0.3) is 0 Å². The Bertz CT molecular complexity index is 858. The number of fused-ring (bicyclic) bond motifs is 1. The highest BCUT2D eigenvalue weighted by Crippen LogP contribution is 2.30. The van der Waals surface area contributed by atoms with Gasteiger partial charge in [0.1, 0.15) is 23.2 Å². The number of anilines is 2. The summed E-state index contributed by atoms with van der Waals surface area (Å²) in [5.41, 5.74) is 1.78.